The molecule has 0 spiro atoms. The van der Waals surface area contributed by atoms with Gasteiger partial charge in [0.05, 0.1) is 33.4 Å². The number of benzene rings is 1. The predicted molar refractivity (Wildman–Crippen MR) is 114 cm³/mol. The van der Waals surface area contributed by atoms with Gasteiger partial charge in [-0.25, -0.2) is 0 Å². The van der Waals surface area contributed by atoms with Gasteiger partial charge < -0.3 is 24.8 Å². The summed E-state index contributed by atoms with van der Waals surface area (Å²) in [4.78, 5) is 4.34. The highest BCUT2D eigenvalue weighted by Crippen LogP contribution is 2.33. The van der Waals surface area contributed by atoms with Crippen molar-refractivity contribution < 1.29 is 18.4 Å². The molecule has 0 radical (unpaired) electrons. The van der Waals surface area contributed by atoms with Gasteiger partial charge in [-0.2, -0.15) is 0 Å². The molecule has 1 aromatic rings. The van der Waals surface area contributed by atoms with Gasteiger partial charge in [-0.1, -0.05) is 13.3 Å². The predicted octanol–water partition coefficient (Wildman–Crippen LogP) is 2.46. The van der Waals surface area contributed by atoms with Gasteiger partial charge >= 0.3 is 0 Å². The number of rotatable bonds is 8. The molecule has 2 rings (SSSR count). The number of methoxy groups -OCH3 is 3. The zero-order chi connectivity index (χ0) is 20.5. The molecule has 3 atom stereocenters. The molecule has 0 aromatic heterocycles. The van der Waals surface area contributed by atoms with Crippen molar-refractivity contribution in [1.82, 2.24) is 10.6 Å². The Morgan fingerprint density at radius 3 is 2.39 bits per heavy atom. The highest BCUT2D eigenvalue weighted by Gasteiger charge is 2.26. The molecule has 2 N–H and O–H groups in total. The van der Waals surface area contributed by atoms with Crippen molar-refractivity contribution in [1.29, 1.82) is 0 Å². The van der Waals surface area contributed by atoms with Crippen molar-refractivity contribution in [2.75, 3.05) is 34.1 Å². The highest BCUT2D eigenvalue weighted by atomic mass is 32.2. The fourth-order valence-electron chi connectivity index (χ4n) is 3.56. The fourth-order valence-corrected chi connectivity index (χ4v) is 4.91. The van der Waals surface area contributed by atoms with E-state index < -0.39 is 10.8 Å². The lowest BCUT2D eigenvalue weighted by molar-refractivity contribution is 0.367. The van der Waals surface area contributed by atoms with E-state index in [4.69, 9.17) is 14.2 Å². The van der Waals surface area contributed by atoms with Gasteiger partial charge in [-0.05, 0) is 19.3 Å². The Hall–Kier alpha value is -1.96. The quantitative estimate of drug-likeness (QED) is 0.505. The van der Waals surface area contributed by atoms with Crippen molar-refractivity contribution in [2.24, 2.45) is 4.99 Å². The average molecular weight is 412 g/mol. The van der Waals surface area contributed by atoms with Crippen LogP contribution in [0.15, 0.2) is 17.1 Å². The maximum atomic E-state index is 12.2. The molecule has 1 fully saturated rings. The van der Waals surface area contributed by atoms with Gasteiger partial charge in [-0.3, -0.25) is 9.20 Å². The molecule has 0 bridgehead atoms. The van der Waals surface area contributed by atoms with E-state index in [0.29, 0.717) is 29.8 Å². The fraction of sp³-hybridized carbons (Fsp3) is 0.650. The van der Waals surface area contributed by atoms with E-state index in [9.17, 15) is 4.21 Å². The lowest BCUT2D eigenvalue weighted by Gasteiger charge is -2.30. The third-order valence-corrected chi connectivity index (χ3v) is 6.84. The largest absolute Gasteiger partial charge is 0.496 e. The summed E-state index contributed by atoms with van der Waals surface area (Å²) < 4.78 is 28.5. The first-order valence-electron chi connectivity index (χ1n) is 9.69. The Morgan fingerprint density at radius 2 is 1.86 bits per heavy atom. The van der Waals surface area contributed by atoms with Crippen LogP contribution in [0.4, 0.5) is 0 Å². The SMILES string of the molecule is CCS(=O)C1CCCC(NC(=NC)NCc2c(OC)cc(OC)cc2OC)C1. The molecule has 8 heteroatoms. The summed E-state index contributed by atoms with van der Waals surface area (Å²) in [6.45, 7) is 2.48. The molecule has 3 unspecified atom stereocenters. The van der Waals surface area contributed by atoms with Crippen LogP contribution in [0.1, 0.15) is 38.2 Å². The van der Waals surface area contributed by atoms with Crippen LogP contribution in [-0.2, 0) is 17.3 Å². The molecule has 0 aliphatic heterocycles. The van der Waals surface area contributed by atoms with E-state index >= 15 is 0 Å². The zero-order valence-electron chi connectivity index (χ0n) is 17.5. The summed E-state index contributed by atoms with van der Waals surface area (Å²) in [5, 5.41) is 7.09. The highest BCUT2D eigenvalue weighted by molar-refractivity contribution is 7.85. The maximum Gasteiger partial charge on any atom is 0.191 e. The molecule has 28 heavy (non-hydrogen) atoms. The summed E-state index contributed by atoms with van der Waals surface area (Å²) in [6.07, 6.45) is 4.11. The monoisotopic (exact) mass is 411 g/mol. The van der Waals surface area contributed by atoms with Gasteiger partial charge in [0.25, 0.3) is 0 Å². The van der Waals surface area contributed by atoms with Crippen molar-refractivity contribution in [3.8, 4) is 17.2 Å². The van der Waals surface area contributed by atoms with Gasteiger partial charge in [0.2, 0.25) is 0 Å². The minimum Gasteiger partial charge on any atom is -0.496 e. The third kappa shape index (κ3) is 5.77. The van der Waals surface area contributed by atoms with Crippen LogP contribution in [0.3, 0.4) is 0 Å². The molecule has 1 saturated carbocycles. The Morgan fingerprint density at radius 1 is 1.18 bits per heavy atom. The average Bonchev–Trinajstić information content (AvgIpc) is 2.75. The molecule has 158 valence electrons. The molecule has 7 nitrogen and oxygen atoms in total. The van der Waals surface area contributed by atoms with Crippen molar-refractivity contribution in [2.45, 2.75) is 50.4 Å². The number of ether oxygens (including phenoxy) is 3. The molecular weight excluding hydrogens is 378 g/mol. The van der Waals surface area contributed by atoms with Crippen molar-refractivity contribution >= 4 is 16.8 Å². The van der Waals surface area contributed by atoms with Crippen LogP contribution in [-0.4, -0.2) is 55.6 Å². The van der Waals surface area contributed by atoms with Crippen LogP contribution in [0.2, 0.25) is 0 Å². The summed E-state index contributed by atoms with van der Waals surface area (Å²) >= 11 is 0. The van der Waals surface area contributed by atoms with E-state index in [1.165, 1.54) is 0 Å². The Labute approximate surface area is 170 Å². The summed E-state index contributed by atoms with van der Waals surface area (Å²) in [6, 6.07) is 3.95. The molecular formula is C20H33N3O4S. The Balaban J connectivity index is 2.03. The molecule has 1 aliphatic carbocycles. The van der Waals surface area contributed by atoms with Gasteiger partial charge in [0.1, 0.15) is 17.2 Å². The van der Waals surface area contributed by atoms with Crippen LogP contribution in [0.25, 0.3) is 0 Å². The van der Waals surface area contributed by atoms with Gasteiger partial charge in [0.15, 0.2) is 5.96 Å². The minimum atomic E-state index is -0.742. The molecule has 1 aromatic carbocycles. The molecule has 0 heterocycles. The van der Waals surface area contributed by atoms with E-state index in [1.54, 1.807) is 28.4 Å². The topological polar surface area (TPSA) is 81.2 Å². The van der Waals surface area contributed by atoms with Gasteiger partial charge in [0, 0.05) is 47.0 Å². The second kappa shape index (κ2) is 11.1. The van der Waals surface area contributed by atoms with E-state index in [2.05, 4.69) is 15.6 Å². The van der Waals surface area contributed by atoms with Crippen LogP contribution in [0, 0.1) is 0 Å². The minimum absolute atomic E-state index is 0.274. The van der Waals surface area contributed by atoms with E-state index in [1.807, 2.05) is 19.1 Å². The van der Waals surface area contributed by atoms with Crippen molar-refractivity contribution in [3.63, 3.8) is 0 Å². The summed E-state index contributed by atoms with van der Waals surface area (Å²) in [7, 11) is 5.87. The van der Waals surface area contributed by atoms with E-state index in [-0.39, 0.29) is 11.3 Å². The zero-order valence-corrected chi connectivity index (χ0v) is 18.4. The second-order valence-corrected chi connectivity index (χ2v) is 8.74. The smallest absolute Gasteiger partial charge is 0.191 e. The first-order valence-corrected chi connectivity index (χ1v) is 11.1. The number of nitrogens with one attached hydrogen (secondary N) is 2. The number of guanidine groups is 1. The number of hydrogen-bond acceptors (Lipinski definition) is 5. The van der Waals surface area contributed by atoms with Crippen LogP contribution in [0.5, 0.6) is 17.2 Å². The number of nitrogens with zero attached hydrogens (tertiary/aromatic N) is 1. The van der Waals surface area contributed by atoms with Crippen LogP contribution >= 0.6 is 0 Å². The standard InChI is InChI=1S/C20H33N3O4S/c1-6-28(24)16-9-7-8-14(10-16)23-20(21-2)22-13-17-18(26-4)11-15(25-3)12-19(17)27-5/h11-12,14,16H,6-10,13H2,1-5H3,(H2,21,22,23). The second-order valence-electron chi connectivity index (χ2n) is 6.74. The first-order chi connectivity index (χ1) is 13.6. The Bertz CT molecular complexity index is 671. The molecule has 1 aliphatic rings. The van der Waals surface area contributed by atoms with Gasteiger partial charge in [-0.15, -0.1) is 0 Å². The maximum absolute atomic E-state index is 12.2. The first kappa shape index (κ1) is 22.3. The Kier molecular flexibility index (Phi) is 8.89. The molecule has 0 amide bonds. The third-order valence-electron chi connectivity index (χ3n) is 5.10. The number of aliphatic imine (C=N–C) groups is 1. The lowest BCUT2D eigenvalue weighted by atomic mass is 9.95. The summed E-state index contributed by atoms with van der Waals surface area (Å²) in [5.41, 5.74) is 0.891. The van der Waals surface area contributed by atoms with Crippen molar-refractivity contribution in [3.05, 3.63) is 17.7 Å². The normalized spacial score (nSPS) is 21.0. The summed E-state index contributed by atoms with van der Waals surface area (Å²) in [5.74, 6) is 3.50. The molecule has 0 saturated heterocycles. The van der Waals surface area contributed by atoms with Crippen LogP contribution < -0.4 is 24.8 Å². The van der Waals surface area contributed by atoms with E-state index in [0.717, 1.165) is 37.0 Å². The number of hydrogen-bond donors (Lipinski definition) is 2. The lowest BCUT2D eigenvalue weighted by Crippen LogP contribution is -2.46.